The third-order valence-electron chi connectivity index (χ3n) is 4.89. The lowest BCUT2D eigenvalue weighted by Crippen LogP contribution is -2.14. The second-order valence-electron chi connectivity index (χ2n) is 6.63. The summed E-state index contributed by atoms with van der Waals surface area (Å²) in [6.45, 7) is 2.26. The molecule has 0 spiro atoms. The normalized spacial score (nSPS) is 11.7. The Morgan fingerprint density at radius 2 is 1.67 bits per heavy atom. The quantitative estimate of drug-likeness (QED) is 0.630. The van der Waals surface area contributed by atoms with Gasteiger partial charge in [0.15, 0.2) is 0 Å². The van der Waals surface area contributed by atoms with Gasteiger partial charge in [-0.3, -0.25) is 0 Å². The van der Waals surface area contributed by atoms with Gasteiger partial charge in [0.05, 0.1) is 0 Å². The van der Waals surface area contributed by atoms with Gasteiger partial charge in [0.25, 0.3) is 0 Å². The molecule has 2 nitrogen and oxygen atoms in total. The van der Waals surface area contributed by atoms with E-state index < -0.39 is 0 Å². The molecular formula is C22H26O2. The van der Waals surface area contributed by atoms with Gasteiger partial charge in [-0.1, -0.05) is 55.8 Å². The average Bonchev–Trinajstić information content (AvgIpc) is 2.63. The van der Waals surface area contributed by atoms with Crippen LogP contribution in [0.5, 0.6) is 0 Å². The number of fused-ring (bicyclic) bond motifs is 2. The second kappa shape index (κ2) is 7.78. The van der Waals surface area contributed by atoms with Crippen molar-refractivity contribution < 1.29 is 10.2 Å². The first-order valence-electron chi connectivity index (χ1n) is 8.92. The van der Waals surface area contributed by atoms with Crippen molar-refractivity contribution in [2.24, 2.45) is 5.92 Å². The van der Waals surface area contributed by atoms with Crippen LogP contribution in [0.1, 0.15) is 30.9 Å². The Balaban J connectivity index is 2.24. The van der Waals surface area contributed by atoms with Crippen LogP contribution in [-0.4, -0.2) is 23.4 Å². The van der Waals surface area contributed by atoms with Gasteiger partial charge in [0.2, 0.25) is 0 Å². The highest BCUT2D eigenvalue weighted by atomic mass is 16.3. The molecule has 0 aliphatic heterocycles. The average molecular weight is 322 g/mol. The molecule has 0 saturated heterocycles. The second-order valence-corrected chi connectivity index (χ2v) is 6.63. The minimum atomic E-state index is -0.0962. The van der Waals surface area contributed by atoms with E-state index in [0.717, 1.165) is 6.42 Å². The maximum Gasteiger partial charge on any atom is 0.0484 e. The largest absolute Gasteiger partial charge is 0.396 e. The van der Waals surface area contributed by atoms with Gasteiger partial charge in [-0.05, 0) is 58.0 Å². The van der Waals surface area contributed by atoms with Gasteiger partial charge >= 0.3 is 0 Å². The Bertz CT molecular complexity index is 819. The van der Waals surface area contributed by atoms with E-state index in [1.54, 1.807) is 0 Å². The summed E-state index contributed by atoms with van der Waals surface area (Å²) in [4.78, 5) is 0. The van der Waals surface area contributed by atoms with Crippen LogP contribution in [0.15, 0.2) is 48.5 Å². The molecule has 0 unspecified atom stereocenters. The summed E-state index contributed by atoms with van der Waals surface area (Å²) in [6, 6.07) is 17.3. The predicted octanol–water partition coefficient (Wildman–Crippen LogP) is 4.48. The van der Waals surface area contributed by atoms with Gasteiger partial charge in [0.1, 0.15) is 0 Å². The van der Waals surface area contributed by atoms with E-state index in [1.165, 1.54) is 45.5 Å². The molecule has 0 aliphatic carbocycles. The number of aryl methyl sites for hydroxylation is 1. The summed E-state index contributed by atoms with van der Waals surface area (Å²) >= 11 is 0. The van der Waals surface area contributed by atoms with Crippen molar-refractivity contribution >= 4 is 21.5 Å². The Hall–Kier alpha value is -1.90. The van der Waals surface area contributed by atoms with Gasteiger partial charge in [-0.25, -0.2) is 0 Å². The van der Waals surface area contributed by atoms with E-state index in [2.05, 4.69) is 55.5 Å². The smallest absolute Gasteiger partial charge is 0.0484 e. The molecule has 3 aromatic rings. The zero-order valence-electron chi connectivity index (χ0n) is 14.3. The molecule has 0 bridgehead atoms. The molecule has 0 aromatic heterocycles. The first-order chi connectivity index (χ1) is 11.8. The lowest BCUT2D eigenvalue weighted by atomic mass is 9.88. The molecule has 2 N–H and O–H groups in total. The maximum absolute atomic E-state index is 9.48. The number of aliphatic hydroxyl groups is 2. The molecule has 3 rings (SSSR count). The van der Waals surface area contributed by atoms with Crippen molar-refractivity contribution in [3.05, 3.63) is 59.7 Å². The highest BCUT2D eigenvalue weighted by molar-refractivity contribution is 6.03. The van der Waals surface area contributed by atoms with E-state index in [-0.39, 0.29) is 19.1 Å². The predicted molar refractivity (Wildman–Crippen MR) is 101 cm³/mol. The van der Waals surface area contributed by atoms with Crippen LogP contribution in [0.2, 0.25) is 0 Å². The summed E-state index contributed by atoms with van der Waals surface area (Å²) in [5, 5.41) is 24.2. The monoisotopic (exact) mass is 322 g/mol. The van der Waals surface area contributed by atoms with Crippen LogP contribution in [-0.2, 0) is 12.8 Å². The molecule has 0 heterocycles. The van der Waals surface area contributed by atoms with Crippen molar-refractivity contribution in [2.45, 2.75) is 32.6 Å². The Labute approximate surface area is 143 Å². The Kier molecular flexibility index (Phi) is 5.49. The van der Waals surface area contributed by atoms with Gasteiger partial charge in [-0.15, -0.1) is 0 Å². The molecule has 0 amide bonds. The molecule has 24 heavy (non-hydrogen) atoms. The van der Waals surface area contributed by atoms with E-state index >= 15 is 0 Å². The van der Waals surface area contributed by atoms with Crippen molar-refractivity contribution in [3.8, 4) is 0 Å². The first kappa shape index (κ1) is 16.9. The van der Waals surface area contributed by atoms with Crippen molar-refractivity contribution in [1.29, 1.82) is 0 Å². The number of hydrogen-bond donors (Lipinski definition) is 2. The number of benzene rings is 3. The first-order valence-corrected chi connectivity index (χ1v) is 8.92. The Morgan fingerprint density at radius 1 is 0.917 bits per heavy atom. The molecular weight excluding hydrogens is 296 g/mol. The van der Waals surface area contributed by atoms with E-state index in [9.17, 15) is 10.2 Å². The van der Waals surface area contributed by atoms with Crippen molar-refractivity contribution in [3.63, 3.8) is 0 Å². The number of rotatable bonds is 7. The molecule has 0 saturated carbocycles. The number of aliphatic hydroxyl groups excluding tert-OH is 2. The van der Waals surface area contributed by atoms with Crippen LogP contribution in [0, 0.1) is 5.92 Å². The fourth-order valence-electron chi connectivity index (χ4n) is 3.59. The summed E-state index contributed by atoms with van der Waals surface area (Å²) < 4.78 is 0. The van der Waals surface area contributed by atoms with Gasteiger partial charge in [-0.2, -0.15) is 0 Å². The zero-order valence-corrected chi connectivity index (χ0v) is 14.3. The van der Waals surface area contributed by atoms with Crippen molar-refractivity contribution in [2.75, 3.05) is 13.2 Å². The SMILES string of the molecule is CCCCc1c2ccccc2cc2cccc(CC(CO)CO)c12. The molecule has 0 aliphatic rings. The van der Waals surface area contributed by atoms with Gasteiger partial charge < -0.3 is 10.2 Å². The van der Waals surface area contributed by atoms with Crippen LogP contribution >= 0.6 is 0 Å². The summed E-state index contributed by atoms with van der Waals surface area (Å²) in [7, 11) is 0. The summed E-state index contributed by atoms with van der Waals surface area (Å²) in [5.74, 6) is -0.0962. The third-order valence-corrected chi connectivity index (χ3v) is 4.89. The summed E-state index contributed by atoms with van der Waals surface area (Å²) in [5.41, 5.74) is 2.65. The lowest BCUT2D eigenvalue weighted by Gasteiger charge is -2.17. The fraction of sp³-hybridized carbons (Fsp3) is 0.364. The topological polar surface area (TPSA) is 40.5 Å². The maximum atomic E-state index is 9.48. The van der Waals surface area contributed by atoms with Crippen LogP contribution < -0.4 is 0 Å². The van der Waals surface area contributed by atoms with E-state index in [0.29, 0.717) is 6.42 Å². The van der Waals surface area contributed by atoms with Crippen LogP contribution in [0.3, 0.4) is 0 Å². The molecule has 3 aromatic carbocycles. The Morgan fingerprint density at radius 3 is 2.42 bits per heavy atom. The minimum Gasteiger partial charge on any atom is -0.396 e. The lowest BCUT2D eigenvalue weighted by molar-refractivity contribution is 0.150. The number of hydrogen-bond acceptors (Lipinski definition) is 2. The molecule has 126 valence electrons. The standard InChI is InChI=1S/C22H26O2/c1-2-3-10-21-20-11-5-4-7-17(20)13-19-9-6-8-18(22(19)21)12-16(14-23)15-24/h4-9,11,13,16,23-24H,2-3,10,12,14-15H2,1H3. The van der Waals surface area contributed by atoms with E-state index in [4.69, 9.17) is 0 Å². The van der Waals surface area contributed by atoms with Crippen LogP contribution in [0.4, 0.5) is 0 Å². The van der Waals surface area contributed by atoms with E-state index in [1.807, 2.05) is 0 Å². The molecule has 0 radical (unpaired) electrons. The molecule has 0 atom stereocenters. The minimum absolute atomic E-state index is 0.0186. The highest BCUT2D eigenvalue weighted by Gasteiger charge is 2.14. The number of unbranched alkanes of at least 4 members (excludes halogenated alkanes) is 1. The van der Waals surface area contributed by atoms with Crippen molar-refractivity contribution in [1.82, 2.24) is 0 Å². The molecule has 0 fully saturated rings. The summed E-state index contributed by atoms with van der Waals surface area (Å²) in [6.07, 6.45) is 4.11. The zero-order chi connectivity index (χ0) is 16.9. The van der Waals surface area contributed by atoms with Crippen LogP contribution in [0.25, 0.3) is 21.5 Å². The molecule has 2 heteroatoms. The fourth-order valence-corrected chi connectivity index (χ4v) is 3.59. The van der Waals surface area contributed by atoms with Gasteiger partial charge in [0, 0.05) is 19.1 Å². The third kappa shape index (κ3) is 3.31. The highest BCUT2D eigenvalue weighted by Crippen LogP contribution is 2.33.